The van der Waals surface area contributed by atoms with Crippen molar-refractivity contribution in [3.05, 3.63) is 11.8 Å². The van der Waals surface area contributed by atoms with Gasteiger partial charge in [0, 0.05) is 24.7 Å². The molecular weight excluding hydrogens is 166 g/mol. The van der Waals surface area contributed by atoms with Gasteiger partial charge in [0.05, 0.1) is 5.60 Å². The van der Waals surface area contributed by atoms with Crippen molar-refractivity contribution >= 4 is 5.78 Å². The minimum Gasteiger partial charge on any atom is -0.388 e. The van der Waals surface area contributed by atoms with Gasteiger partial charge in [0.25, 0.3) is 0 Å². The van der Waals surface area contributed by atoms with Crippen LogP contribution < -0.4 is 5.32 Å². The topological polar surface area (TPSA) is 49.3 Å². The highest BCUT2D eigenvalue weighted by Crippen LogP contribution is 2.31. The molecule has 13 heavy (non-hydrogen) atoms. The van der Waals surface area contributed by atoms with E-state index in [0.717, 1.165) is 31.4 Å². The normalized spacial score (nSPS) is 25.3. The maximum atomic E-state index is 10.9. The average molecular weight is 181 g/mol. The highest BCUT2D eigenvalue weighted by Gasteiger charge is 2.34. The van der Waals surface area contributed by atoms with E-state index in [9.17, 15) is 9.90 Å². The summed E-state index contributed by atoms with van der Waals surface area (Å²) in [6, 6.07) is 0. The van der Waals surface area contributed by atoms with Crippen LogP contribution in [0.1, 0.15) is 32.1 Å². The SMILES string of the molecule is O=C1C=C(NCC2(O)CCC2)CC1. The summed E-state index contributed by atoms with van der Waals surface area (Å²) in [6.45, 7) is 0.603. The number of hydrogen-bond acceptors (Lipinski definition) is 3. The van der Waals surface area contributed by atoms with Gasteiger partial charge < -0.3 is 10.4 Å². The van der Waals surface area contributed by atoms with Crippen LogP contribution in [0.5, 0.6) is 0 Å². The van der Waals surface area contributed by atoms with Crippen LogP contribution in [0, 0.1) is 0 Å². The summed E-state index contributed by atoms with van der Waals surface area (Å²) >= 11 is 0. The van der Waals surface area contributed by atoms with Crippen LogP contribution in [-0.2, 0) is 4.79 Å². The van der Waals surface area contributed by atoms with Crippen molar-refractivity contribution in [3.63, 3.8) is 0 Å². The minimum atomic E-state index is -0.494. The fraction of sp³-hybridized carbons (Fsp3) is 0.700. The molecule has 0 atom stereocenters. The van der Waals surface area contributed by atoms with Gasteiger partial charge in [0.2, 0.25) is 0 Å². The third-order valence-electron chi connectivity index (χ3n) is 2.90. The summed E-state index contributed by atoms with van der Waals surface area (Å²) in [5, 5.41) is 12.9. The Kier molecular flexibility index (Phi) is 2.12. The third kappa shape index (κ3) is 1.91. The van der Waals surface area contributed by atoms with Crippen molar-refractivity contribution in [3.8, 4) is 0 Å². The van der Waals surface area contributed by atoms with Gasteiger partial charge in [-0.1, -0.05) is 0 Å². The summed E-state index contributed by atoms with van der Waals surface area (Å²) in [7, 11) is 0. The highest BCUT2D eigenvalue weighted by atomic mass is 16.3. The predicted octanol–water partition coefficient (Wildman–Crippen LogP) is 0.738. The van der Waals surface area contributed by atoms with Gasteiger partial charge in [-0.05, 0) is 25.7 Å². The van der Waals surface area contributed by atoms with E-state index in [0.29, 0.717) is 13.0 Å². The van der Waals surface area contributed by atoms with Crippen molar-refractivity contribution in [2.75, 3.05) is 6.54 Å². The molecule has 0 aliphatic heterocycles. The number of carbonyl (C=O) groups excluding carboxylic acids is 1. The van der Waals surface area contributed by atoms with Crippen LogP contribution in [0.2, 0.25) is 0 Å². The lowest BCUT2D eigenvalue weighted by molar-refractivity contribution is -0.114. The number of allylic oxidation sites excluding steroid dienone is 2. The first-order valence-corrected chi connectivity index (χ1v) is 4.88. The molecule has 0 unspecified atom stereocenters. The predicted molar refractivity (Wildman–Crippen MR) is 49.1 cm³/mol. The van der Waals surface area contributed by atoms with E-state index < -0.39 is 5.60 Å². The van der Waals surface area contributed by atoms with E-state index in [1.54, 1.807) is 6.08 Å². The number of carbonyl (C=O) groups is 1. The molecule has 2 aliphatic carbocycles. The Balaban J connectivity index is 1.79. The molecule has 1 fully saturated rings. The molecule has 72 valence electrons. The molecule has 0 heterocycles. The average Bonchev–Trinajstić information content (AvgIpc) is 2.44. The summed E-state index contributed by atoms with van der Waals surface area (Å²) in [4.78, 5) is 10.9. The monoisotopic (exact) mass is 181 g/mol. The van der Waals surface area contributed by atoms with Gasteiger partial charge in [-0.15, -0.1) is 0 Å². The van der Waals surface area contributed by atoms with Gasteiger partial charge in [0.15, 0.2) is 5.78 Å². The Hall–Kier alpha value is -0.830. The number of ketones is 1. The molecule has 0 aromatic heterocycles. The second-order valence-electron chi connectivity index (χ2n) is 4.07. The zero-order valence-electron chi connectivity index (χ0n) is 7.68. The van der Waals surface area contributed by atoms with Gasteiger partial charge in [0.1, 0.15) is 0 Å². The zero-order chi connectivity index (χ0) is 9.31. The molecule has 1 saturated carbocycles. The molecule has 0 aromatic rings. The summed E-state index contributed by atoms with van der Waals surface area (Å²) in [5.41, 5.74) is 0.497. The van der Waals surface area contributed by atoms with Crippen LogP contribution in [0.3, 0.4) is 0 Å². The highest BCUT2D eigenvalue weighted by molar-refractivity contribution is 5.92. The first-order valence-electron chi connectivity index (χ1n) is 4.88. The molecule has 0 bridgehead atoms. The Morgan fingerprint density at radius 2 is 2.23 bits per heavy atom. The molecule has 2 rings (SSSR count). The van der Waals surface area contributed by atoms with Crippen LogP contribution in [0.4, 0.5) is 0 Å². The van der Waals surface area contributed by atoms with E-state index >= 15 is 0 Å². The Labute approximate surface area is 77.8 Å². The molecule has 0 spiro atoms. The maximum absolute atomic E-state index is 10.9. The molecule has 0 aromatic carbocycles. The third-order valence-corrected chi connectivity index (χ3v) is 2.90. The Bertz CT molecular complexity index is 254. The van der Waals surface area contributed by atoms with E-state index in [4.69, 9.17) is 0 Å². The molecule has 2 aliphatic rings. The molecule has 3 nitrogen and oxygen atoms in total. The Morgan fingerprint density at radius 3 is 2.69 bits per heavy atom. The van der Waals surface area contributed by atoms with Crippen LogP contribution in [0.15, 0.2) is 11.8 Å². The lowest BCUT2D eigenvalue weighted by Crippen LogP contribution is -2.45. The lowest BCUT2D eigenvalue weighted by Gasteiger charge is -2.37. The number of rotatable bonds is 3. The fourth-order valence-corrected chi connectivity index (χ4v) is 1.78. The van der Waals surface area contributed by atoms with Crippen molar-refractivity contribution in [2.45, 2.75) is 37.7 Å². The number of aliphatic hydroxyl groups is 1. The molecular formula is C10H15NO2. The first-order chi connectivity index (χ1) is 6.18. The van der Waals surface area contributed by atoms with Gasteiger partial charge >= 0.3 is 0 Å². The number of hydrogen-bond donors (Lipinski definition) is 2. The molecule has 0 amide bonds. The van der Waals surface area contributed by atoms with Crippen molar-refractivity contribution in [1.29, 1.82) is 0 Å². The number of nitrogens with one attached hydrogen (secondary N) is 1. The van der Waals surface area contributed by atoms with Crippen LogP contribution >= 0.6 is 0 Å². The standard InChI is InChI=1S/C10H15NO2/c12-9-3-2-8(6-9)11-7-10(13)4-1-5-10/h6,11,13H,1-5,7H2. The zero-order valence-corrected chi connectivity index (χ0v) is 7.68. The molecule has 0 saturated heterocycles. The summed E-state index contributed by atoms with van der Waals surface area (Å²) < 4.78 is 0. The van der Waals surface area contributed by atoms with E-state index in [1.165, 1.54) is 0 Å². The van der Waals surface area contributed by atoms with Crippen LogP contribution in [-0.4, -0.2) is 23.0 Å². The molecule has 3 heteroatoms. The Morgan fingerprint density at radius 1 is 1.46 bits per heavy atom. The fourth-order valence-electron chi connectivity index (χ4n) is 1.78. The van der Waals surface area contributed by atoms with Crippen molar-refractivity contribution < 1.29 is 9.90 Å². The van der Waals surface area contributed by atoms with E-state index in [-0.39, 0.29) is 5.78 Å². The smallest absolute Gasteiger partial charge is 0.157 e. The second-order valence-corrected chi connectivity index (χ2v) is 4.07. The van der Waals surface area contributed by atoms with E-state index in [1.807, 2.05) is 0 Å². The first kappa shape index (κ1) is 8.75. The minimum absolute atomic E-state index is 0.197. The molecule has 2 N–H and O–H groups in total. The quantitative estimate of drug-likeness (QED) is 0.675. The lowest BCUT2D eigenvalue weighted by atomic mass is 9.80. The second kappa shape index (κ2) is 3.14. The molecule has 0 radical (unpaired) electrons. The van der Waals surface area contributed by atoms with Gasteiger partial charge in [-0.25, -0.2) is 0 Å². The van der Waals surface area contributed by atoms with Gasteiger partial charge in [-0.3, -0.25) is 4.79 Å². The van der Waals surface area contributed by atoms with Crippen LogP contribution in [0.25, 0.3) is 0 Å². The van der Waals surface area contributed by atoms with Gasteiger partial charge in [-0.2, -0.15) is 0 Å². The summed E-state index contributed by atoms with van der Waals surface area (Å²) in [6.07, 6.45) is 6.00. The maximum Gasteiger partial charge on any atom is 0.157 e. The van der Waals surface area contributed by atoms with E-state index in [2.05, 4.69) is 5.32 Å². The van der Waals surface area contributed by atoms with Crippen molar-refractivity contribution in [2.24, 2.45) is 0 Å². The van der Waals surface area contributed by atoms with Crippen molar-refractivity contribution in [1.82, 2.24) is 5.32 Å². The summed E-state index contributed by atoms with van der Waals surface area (Å²) in [5.74, 6) is 0.197. The largest absolute Gasteiger partial charge is 0.388 e.